The Kier molecular flexibility index (Phi) is 3.04. The summed E-state index contributed by atoms with van der Waals surface area (Å²) in [7, 11) is 1.31. The van der Waals surface area contributed by atoms with Gasteiger partial charge < -0.3 is 4.74 Å². The Bertz CT molecular complexity index is 861. The third-order valence-electron chi connectivity index (χ3n) is 2.95. The highest BCUT2D eigenvalue weighted by atomic mass is 16.5. The predicted octanol–water partition coefficient (Wildman–Crippen LogP) is 1.47. The number of hydrogen-bond acceptors (Lipinski definition) is 6. The van der Waals surface area contributed by atoms with E-state index in [1.807, 2.05) is 0 Å². The number of hydrogen-bond donors (Lipinski definition) is 0. The van der Waals surface area contributed by atoms with Gasteiger partial charge >= 0.3 is 5.97 Å². The fourth-order valence-electron chi connectivity index (χ4n) is 1.90. The lowest BCUT2D eigenvalue weighted by molar-refractivity contribution is 0.0600. The topological polar surface area (TPSA) is 93.7 Å². The monoisotopic (exact) mass is 279 g/mol. The number of rotatable bonds is 2. The van der Waals surface area contributed by atoms with Crippen molar-refractivity contribution in [3.05, 3.63) is 47.7 Å². The van der Waals surface area contributed by atoms with Crippen LogP contribution in [0.4, 0.5) is 0 Å². The van der Waals surface area contributed by atoms with Gasteiger partial charge in [-0.2, -0.15) is 9.94 Å². The van der Waals surface area contributed by atoms with Crippen molar-refractivity contribution in [3.8, 4) is 11.8 Å². The third kappa shape index (κ3) is 2.19. The molecule has 0 bridgehead atoms. The SMILES string of the molecule is COC(=O)c1cnc2c(c1)nnn2-c1ccc(C#N)cc1. The van der Waals surface area contributed by atoms with Crippen LogP contribution in [0.2, 0.25) is 0 Å². The zero-order valence-electron chi connectivity index (χ0n) is 11.0. The summed E-state index contributed by atoms with van der Waals surface area (Å²) >= 11 is 0. The fraction of sp³-hybridized carbons (Fsp3) is 0.0714. The first-order chi connectivity index (χ1) is 10.2. The average molecular weight is 279 g/mol. The summed E-state index contributed by atoms with van der Waals surface area (Å²) in [5, 5.41) is 16.8. The van der Waals surface area contributed by atoms with E-state index in [4.69, 9.17) is 5.26 Å². The average Bonchev–Trinajstić information content (AvgIpc) is 2.97. The van der Waals surface area contributed by atoms with Crippen molar-refractivity contribution >= 4 is 17.1 Å². The molecule has 2 heterocycles. The van der Waals surface area contributed by atoms with Crippen LogP contribution in [-0.2, 0) is 4.74 Å². The molecular formula is C14H9N5O2. The molecule has 0 saturated carbocycles. The molecule has 3 rings (SSSR count). The molecule has 102 valence electrons. The van der Waals surface area contributed by atoms with Gasteiger partial charge in [0, 0.05) is 6.20 Å². The molecule has 7 heteroatoms. The number of fused-ring (bicyclic) bond motifs is 1. The van der Waals surface area contributed by atoms with Crippen LogP contribution >= 0.6 is 0 Å². The van der Waals surface area contributed by atoms with Gasteiger partial charge in [0.15, 0.2) is 5.65 Å². The lowest BCUT2D eigenvalue weighted by Crippen LogP contribution is -2.02. The molecule has 0 aliphatic rings. The highest BCUT2D eigenvalue weighted by molar-refractivity contribution is 5.92. The summed E-state index contributed by atoms with van der Waals surface area (Å²) in [5.41, 5.74) is 2.62. The van der Waals surface area contributed by atoms with Gasteiger partial charge in [0.2, 0.25) is 0 Å². The van der Waals surface area contributed by atoms with Gasteiger partial charge in [0.05, 0.1) is 30.0 Å². The predicted molar refractivity (Wildman–Crippen MR) is 72.7 cm³/mol. The van der Waals surface area contributed by atoms with Gasteiger partial charge in [-0.25, -0.2) is 9.78 Å². The summed E-state index contributed by atoms with van der Waals surface area (Å²) in [6.45, 7) is 0. The van der Waals surface area contributed by atoms with E-state index in [1.54, 1.807) is 30.3 Å². The maximum atomic E-state index is 11.5. The van der Waals surface area contributed by atoms with E-state index in [9.17, 15) is 4.79 Å². The Morgan fingerprint density at radius 1 is 1.33 bits per heavy atom. The number of esters is 1. The first-order valence-corrected chi connectivity index (χ1v) is 6.03. The molecule has 0 unspecified atom stereocenters. The van der Waals surface area contributed by atoms with Crippen molar-refractivity contribution in [2.75, 3.05) is 7.11 Å². The fourth-order valence-corrected chi connectivity index (χ4v) is 1.90. The number of nitrogens with zero attached hydrogens (tertiary/aromatic N) is 5. The van der Waals surface area contributed by atoms with Crippen molar-refractivity contribution < 1.29 is 9.53 Å². The molecule has 3 aromatic rings. The Hall–Kier alpha value is -3.27. The van der Waals surface area contributed by atoms with Crippen LogP contribution in [-0.4, -0.2) is 33.1 Å². The van der Waals surface area contributed by atoms with Crippen molar-refractivity contribution in [1.29, 1.82) is 5.26 Å². The summed E-state index contributed by atoms with van der Waals surface area (Å²) in [4.78, 5) is 15.7. The smallest absolute Gasteiger partial charge is 0.339 e. The quantitative estimate of drug-likeness (QED) is 0.659. The summed E-state index contributed by atoms with van der Waals surface area (Å²) in [6, 6.07) is 10.5. The summed E-state index contributed by atoms with van der Waals surface area (Å²) < 4.78 is 6.18. The molecule has 0 aliphatic carbocycles. The van der Waals surface area contributed by atoms with Gasteiger partial charge in [-0.3, -0.25) is 0 Å². The largest absolute Gasteiger partial charge is 0.465 e. The highest BCUT2D eigenvalue weighted by Crippen LogP contribution is 2.16. The van der Waals surface area contributed by atoms with Crippen molar-refractivity contribution in [1.82, 2.24) is 20.0 Å². The highest BCUT2D eigenvalue weighted by Gasteiger charge is 2.12. The van der Waals surface area contributed by atoms with Crippen LogP contribution in [0.5, 0.6) is 0 Å². The van der Waals surface area contributed by atoms with Crippen molar-refractivity contribution in [2.45, 2.75) is 0 Å². The lowest BCUT2D eigenvalue weighted by Gasteiger charge is -2.02. The third-order valence-corrected chi connectivity index (χ3v) is 2.95. The number of methoxy groups -OCH3 is 1. The van der Waals surface area contributed by atoms with E-state index < -0.39 is 5.97 Å². The number of benzene rings is 1. The minimum atomic E-state index is -0.475. The van der Waals surface area contributed by atoms with Crippen LogP contribution in [0.15, 0.2) is 36.5 Å². The van der Waals surface area contributed by atoms with Gasteiger partial charge in [0.1, 0.15) is 5.52 Å². The Morgan fingerprint density at radius 3 is 2.76 bits per heavy atom. The van der Waals surface area contributed by atoms with E-state index in [0.29, 0.717) is 22.3 Å². The number of nitriles is 1. The molecule has 2 aromatic heterocycles. The van der Waals surface area contributed by atoms with Crippen molar-refractivity contribution in [2.24, 2.45) is 0 Å². The second kappa shape index (κ2) is 5.02. The molecule has 0 amide bonds. The van der Waals surface area contributed by atoms with Gasteiger partial charge in [-0.15, -0.1) is 5.10 Å². The van der Waals surface area contributed by atoms with E-state index in [2.05, 4.69) is 26.1 Å². The molecular weight excluding hydrogens is 270 g/mol. The molecule has 0 aliphatic heterocycles. The molecule has 7 nitrogen and oxygen atoms in total. The minimum absolute atomic E-state index is 0.317. The number of carbonyl (C=O) groups is 1. The first kappa shape index (κ1) is 12.7. The summed E-state index contributed by atoms with van der Waals surface area (Å²) in [5.74, 6) is -0.475. The number of pyridine rings is 1. The maximum absolute atomic E-state index is 11.5. The van der Waals surface area contributed by atoms with Crippen LogP contribution < -0.4 is 0 Å². The molecule has 0 radical (unpaired) electrons. The molecule has 0 N–H and O–H groups in total. The molecule has 0 spiro atoms. The number of ether oxygens (including phenoxy) is 1. The second-order valence-electron chi connectivity index (χ2n) is 4.22. The molecule has 0 saturated heterocycles. The maximum Gasteiger partial charge on any atom is 0.339 e. The Balaban J connectivity index is 2.08. The second-order valence-corrected chi connectivity index (χ2v) is 4.22. The van der Waals surface area contributed by atoms with Crippen LogP contribution in [0.3, 0.4) is 0 Å². The van der Waals surface area contributed by atoms with E-state index in [-0.39, 0.29) is 0 Å². The normalized spacial score (nSPS) is 10.3. The van der Waals surface area contributed by atoms with Gasteiger partial charge in [-0.1, -0.05) is 5.21 Å². The van der Waals surface area contributed by atoms with Crippen LogP contribution in [0, 0.1) is 11.3 Å². The zero-order valence-corrected chi connectivity index (χ0v) is 11.0. The molecule has 0 fully saturated rings. The first-order valence-electron chi connectivity index (χ1n) is 6.03. The van der Waals surface area contributed by atoms with Gasteiger partial charge in [-0.05, 0) is 30.3 Å². The minimum Gasteiger partial charge on any atom is -0.465 e. The summed E-state index contributed by atoms with van der Waals surface area (Å²) in [6.07, 6.45) is 1.41. The Morgan fingerprint density at radius 2 is 2.10 bits per heavy atom. The number of carbonyl (C=O) groups excluding carboxylic acids is 1. The lowest BCUT2D eigenvalue weighted by atomic mass is 10.2. The van der Waals surface area contributed by atoms with Crippen LogP contribution in [0.25, 0.3) is 16.9 Å². The molecule has 21 heavy (non-hydrogen) atoms. The van der Waals surface area contributed by atoms with Gasteiger partial charge in [0.25, 0.3) is 0 Å². The van der Waals surface area contributed by atoms with Crippen molar-refractivity contribution in [3.63, 3.8) is 0 Å². The standard InChI is InChI=1S/C14H9N5O2/c1-21-14(20)10-6-12-13(16-8-10)19(18-17-12)11-4-2-9(7-15)3-5-11/h2-6,8H,1H3. The van der Waals surface area contributed by atoms with E-state index >= 15 is 0 Å². The van der Waals surface area contributed by atoms with E-state index in [1.165, 1.54) is 18.0 Å². The molecule has 1 aromatic carbocycles. The molecule has 0 atom stereocenters. The number of aromatic nitrogens is 4. The Labute approximate surface area is 119 Å². The van der Waals surface area contributed by atoms with E-state index in [0.717, 1.165) is 5.69 Å². The zero-order chi connectivity index (χ0) is 14.8. The van der Waals surface area contributed by atoms with Crippen LogP contribution in [0.1, 0.15) is 15.9 Å².